The van der Waals surface area contributed by atoms with E-state index in [-0.39, 0.29) is 40.9 Å². The molecule has 0 spiro atoms. The minimum absolute atomic E-state index is 0.0669. The third kappa shape index (κ3) is 4.13. The van der Waals surface area contributed by atoms with Crippen LogP contribution in [0.3, 0.4) is 0 Å². The van der Waals surface area contributed by atoms with Gasteiger partial charge in [0.05, 0.1) is 19.3 Å². The molecule has 6 heteroatoms. The molecule has 11 atom stereocenters. The van der Waals surface area contributed by atoms with E-state index in [1.165, 1.54) is 14.0 Å². The van der Waals surface area contributed by atoms with Gasteiger partial charge in [0.25, 0.3) is 0 Å². The molecule has 4 rings (SSSR count). The van der Waals surface area contributed by atoms with Crippen molar-refractivity contribution in [2.45, 2.75) is 104 Å². The Morgan fingerprint density at radius 2 is 1.79 bits per heavy atom. The number of aliphatic hydroxyl groups is 2. The monoisotopic (exact) mass is 464 g/mol. The fraction of sp³-hybridized carbons (Fsp3) is 0.926. The van der Waals surface area contributed by atoms with E-state index in [2.05, 4.69) is 20.8 Å². The van der Waals surface area contributed by atoms with Crippen molar-refractivity contribution in [3.8, 4) is 0 Å². The van der Waals surface area contributed by atoms with E-state index >= 15 is 0 Å². The molecular weight excluding hydrogens is 420 g/mol. The van der Waals surface area contributed by atoms with Crippen LogP contribution in [0.15, 0.2) is 0 Å². The van der Waals surface area contributed by atoms with Crippen molar-refractivity contribution in [3.63, 3.8) is 0 Å². The zero-order valence-corrected chi connectivity index (χ0v) is 21.1. The second-order valence-corrected chi connectivity index (χ2v) is 12.2. The van der Waals surface area contributed by atoms with Crippen LogP contribution in [-0.2, 0) is 19.1 Å². The molecule has 4 aliphatic carbocycles. The Balaban J connectivity index is 1.64. The molecule has 0 aromatic rings. The highest BCUT2D eigenvalue weighted by Gasteiger charge is 2.66. The van der Waals surface area contributed by atoms with E-state index in [1.807, 2.05) is 0 Å². The van der Waals surface area contributed by atoms with Crippen LogP contribution in [-0.4, -0.2) is 47.6 Å². The van der Waals surface area contributed by atoms with Gasteiger partial charge in [0, 0.05) is 19.3 Å². The Morgan fingerprint density at radius 1 is 1.06 bits per heavy atom. The number of methoxy groups -OCH3 is 1. The minimum Gasteiger partial charge on any atom is -0.469 e. The maximum atomic E-state index is 12.1. The molecule has 0 heterocycles. The predicted octanol–water partition coefficient (Wildman–Crippen LogP) is 4.11. The quantitative estimate of drug-likeness (QED) is 0.595. The molecule has 0 radical (unpaired) electrons. The standard InChI is InChI=1S/C27H44O6/c1-15(6-9-24(31)32-5)19-7-8-20-25-21(14-23(30)27(19,20)4)26(3)11-10-18(29)12-17(26)13-22(25)33-16(2)28/h15,17-23,25,29-30H,6-14H2,1-5H3/t15-,17-,18+,19+,20-,21-,22-,23-,25-,26+,27+/m1/s1. The van der Waals surface area contributed by atoms with E-state index in [9.17, 15) is 19.8 Å². The molecule has 4 fully saturated rings. The van der Waals surface area contributed by atoms with Gasteiger partial charge < -0.3 is 19.7 Å². The summed E-state index contributed by atoms with van der Waals surface area (Å²) in [7, 11) is 1.43. The van der Waals surface area contributed by atoms with Gasteiger partial charge in [-0.2, -0.15) is 0 Å². The normalized spacial score (nSPS) is 47.6. The predicted molar refractivity (Wildman–Crippen MR) is 124 cm³/mol. The second kappa shape index (κ2) is 9.14. The molecule has 0 amide bonds. The highest BCUT2D eigenvalue weighted by Crippen LogP contribution is 2.68. The molecule has 2 N–H and O–H groups in total. The average molecular weight is 465 g/mol. The average Bonchev–Trinajstić information content (AvgIpc) is 3.11. The third-order valence-electron chi connectivity index (χ3n) is 10.8. The van der Waals surface area contributed by atoms with Gasteiger partial charge in [0.15, 0.2) is 0 Å². The number of ether oxygens (including phenoxy) is 2. The van der Waals surface area contributed by atoms with E-state index < -0.39 is 6.10 Å². The van der Waals surface area contributed by atoms with Crippen molar-refractivity contribution >= 4 is 11.9 Å². The highest BCUT2D eigenvalue weighted by atomic mass is 16.5. The zero-order chi connectivity index (χ0) is 24.1. The zero-order valence-electron chi connectivity index (χ0n) is 21.1. The van der Waals surface area contributed by atoms with Crippen LogP contribution in [0.4, 0.5) is 0 Å². The number of hydrogen-bond donors (Lipinski definition) is 2. The Kier molecular flexibility index (Phi) is 6.92. The number of esters is 2. The summed E-state index contributed by atoms with van der Waals surface area (Å²) in [5.41, 5.74) is -0.177. The number of fused-ring (bicyclic) bond motifs is 5. The number of aliphatic hydroxyl groups excluding tert-OH is 2. The van der Waals surface area contributed by atoms with Crippen molar-refractivity contribution in [1.82, 2.24) is 0 Å². The van der Waals surface area contributed by atoms with Gasteiger partial charge in [0.2, 0.25) is 0 Å². The topological polar surface area (TPSA) is 93.1 Å². The molecule has 0 saturated heterocycles. The maximum Gasteiger partial charge on any atom is 0.305 e. The van der Waals surface area contributed by atoms with E-state index in [0.717, 1.165) is 51.4 Å². The molecule has 0 aromatic heterocycles. The van der Waals surface area contributed by atoms with Gasteiger partial charge in [-0.15, -0.1) is 0 Å². The van der Waals surface area contributed by atoms with Crippen LogP contribution in [0.2, 0.25) is 0 Å². The molecule has 0 aromatic carbocycles. The van der Waals surface area contributed by atoms with Gasteiger partial charge in [-0.05, 0) is 91.8 Å². The van der Waals surface area contributed by atoms with Crippen LogP contribution in [0.25, 0.3) is 0 Å². The van der Waals surface area contributed by atoms with Crippen molar-refractivity contribution in [2.75, 3.05) is 7.11 Å². The van der Waals surface area contributed by atoms with Gasteiger partial charge in [0.1, 0.15) is 6.10 Å². The summed E-state index contributed by atoms with van der Waals surface area (Å²) in [6.45, 7) is 8.34. The smallest absolute Gasteiger partial charge is 0.305 e. The van der Waals surface area contributed by atoms with Gasteiger partial charge in [-0.1, -0.05) is 20.8 Å². The lowest BCUT2D eigenvalue weighted by molar-refractivity contribution is -0.216. The molecule has 0 bridgehead atoms. The summed E-state index contributed by atoms with van der Waals surface area (Å²) in [6.07, 6.45) is 6.54. The summed E-state index contributed by atoms with van der Waals surface area (Å²) in [4.78, 5) is 23.9. The number of carbonyl (C=O) groups is 2. The van der Waals surface area contributed by atoms with E-state index in [1.54, 1.807) is 0 Å². The number of rotatable bonds is 5. The fourth-order valence-corrected chi connectivity index (χ4v) is 9.09. The van der Waals surface area contributed by atoms with Crippen molar-refractivity contribution in [2.24, 2.45) is 46.3 Å². The molecule has 0 aliphatic heterocycles. The van der Waals surface area contributed by atoms with Crippen molar-refractivity contribution in [3.05, 3.63) is 0 Å². The summed E-state index contributed by atoms with van der Waals surface area (Å²) < 4.78 is 10.9. The van der Waals surface area contributed by atoms with Gasteiger partial charge in [-0.3, -0.25) is 9.59 Å². The Hall–Kier alpha value is -1.14. The van der Waals surface area contributed by atoms with E-state index in [4.69, 9.17) is 9.47 Å². The Bertz CT molecular complexity index is 753. The lowest BCUT2D eigenvalue weighted by atomic mass is 9.43. The maximum absolute atomic E-state index is 12.1. The molecule has 4 saturated carbocycles. The van der Waals surface area contributed by atoms with Crippen LogP contribution in [0, 0.1) is 46.3 Å². The van der Waals surface area contributed by atoms with Crippen molar-refractivity contribution < 1.29 is 29.3 Å². The largest absolute Gasteiger partial charge is 0.469 e. The van der Waals surface area contributed by atoms with Gasteiger partial charge in [-0.25, -0.2) is 0 Å². The molecule has 33 heavy (non-hydrogen) atoms. The van der Waals surface area contributed by atoms with Gasteiger partial charge >= 0.3 is 11.9 Å². The number of hydrogen-bond acceptors (Lipinski definition) is 6. The second-order valence-electron chi connectivity index (χ2n) is 12.2. The summed E-state index contributed by atoms with van der Waals surface area (Å²) in [6, 6.07) is 0. The van der Waals surface area contributed by atoms with E-state index in [0.29, 0.717) is 36.0 Å². The SMILES string of the molecule is COC(=O)CC[C@@H](C)[C@@H]1CC[C@@H]2[C@@H]3[C@@H](C[C@@H](O)[C@]21C)[C@@]1(C)CC[C@H](O)C[C@@H]1C[C@H]3OC(C)=O. The molecule has 4 aliphatic rings. The fourth-order valence-electron chi connectivity index (χ4n) is 9.09. The van der Waals surface area contributed by atoms with Crippen molar-refractivity contribution in [1.29, 1.82) is 0 Å². The highest BCUT2D eigenvalue weighted by molar-refractivity contribution is 5.69. The van der Waals surface area contributed by atoms with Crippen LogP contribution < -0.4 is 0 Å². The lowest BCUT2D eigenvalue weighted by Crippen LogP contribution is -2.62. The third-order valence-corrected chi connectivity index (χ3v) is 10.8. The first-order chi connectivity index (χ1) is 15.5. The van der Waals surface area contributed by atoms with Crippen LogP contribution >= 0.6 is 0 Å². The Labute approximate surface area is 198 Å². The first-order valence-corrected chi connectivity index (χ1v) is 13.1. The molecular formula is C27H44O6. The molecule has 0 unspecified atom stereocenters. The summed E-state index contributed by atoms with van der Waals surface area (Å²) in [5.74, 6) is 1.40. The summed E-state index contributed by atoms with van der Waals surface area (Å²) >= 11 is 0. The minimum atomic E-state index is -0.405. The summed E-state index contributed by atoms with van der Waals surface area (Å²) in [5, 5.41) is 22.1. The first kappa shape index (κ1) is 25.0. The lowest BCUT2D eigenvalue weighted by Gasteiger charge is -2.63. The molecule has 188 valence electrons. The Morgan fingerprint density at radius 3 is 2.45 bits per heavy atom. The molecule has 6 nitrogen and oxygen atoms in total. The van der Waals surface area contributed by atoms with Crippen LogP contribution in [0.1, 0.15) is 85.5 Å². The van der Waals surface area contributed by atoms with Crippen LogP contribution in [0.5, 0.6) is 0 Å². The first-order valence-electron chi connectivity index (χ1n) is 13.1. The number of carbonyl (C=O) groups excluding carboxylic acids is 2.